The number of anilines is 1. The highest BCUT2D eigenvalue weighted by molar-refractivity contribution is 7.89. The molecule has 0 aliphatic carbocycles. The quantitative estimate of drug-likeness (QED) is 0.680. The zero-order chi connectivity index (χ0) is 18.8. The fourth-order valence-electron chi connectivity index (χ4n) is 2.73. The van der Waals surface area contributed by atoms with Crippen molar-refractivity contribution in [2.24, 2.45) is 0 Å². The molecule has 3 N–H and O–H groups in total. The number of carbonyl (C=O) groups excluding carboxylic acids is 1. The lowest BCUT2D eigenvalue weighted by Crippen LogP contribution is -2.33. The van der Waals surface area contributed by atoms with Gasteiger partial charge in [-0.3, -0.25) is 4.79 Å². The van der Waals surface area contributed by atoms with E-state index in [0.29, 0.717) is 36.3 Å². The Balaban J connectivity index is 2.10. The minimum Gasteiger partial charge on any atom is -0.482 e. The first-order chi connectivity index (χ1) is 11.5. The van der Waals surface area contributed by atoms with Crippen LogP contribution >= 0.6 is 0 Å². The van der Waals surface area contributed by atoms with Crippen molar-refractivity contribution in [2.75, 3.05) is 11.9 Å². The van der Waals surface area contributed by atoms with Gasteiger partial charge < -0.3 is 15.2 Å². The van der Waals surface area contributed by atoms with Gasteiger partial charge in [0.15, 0.2) is 6.61 Å². The Hall–Kier alpha value is -1.64. The fraction of sp³-hybridized carbons (Fsp3) is 0.588. The van der Waals surface area contributed by atoms with Crippen molar-refractivity contribution in [2.45, 2.75) is 63.5 Å². The summed E-state index contributed by atoms with van der Waals surface area (Å²) in [5.41, 5.74) is 0.252. The molecule has 0 aromatic heterocycles. The van der Waals surface area contributed by atoms with Gasteiger partial charge in [-0.15, -0.1) is 0 Å². The fourth-order valence-corrected chi connectivity index (χ4v) is 4.25. The number of aliphatic hydroxyl groups is 1. The molecule has 2 rings (SSSR count). The van der Waals surface area contributed by atoms with E-state index in [4.69, 9.17) is 4.74 Å². The van der Waals surface area contributed by atoms with Crippen molar-refractivity contribution < 1.29 is 23.1 Å². The van der Waals surface area contributed by atoms with E-state index < -0.39 is 15.6 Å². The number of nitrogens with one attached hydrogen (secondary N) is 2. The Morgan fingerprint density at radius 2 is 2.08 bits per heavy atom. The molecule has 0 radical (unpaired) electrons. The summed E-state index contributed by atoms with van der Waals surface area (Å²) in [7, 11) is -3.71. The summed E-state index contributed by atoms with van der Waals surface area (Å²) < 4.78 is 33.3. The maximum Gasteiger partial charge on any atom is 0.262 e. The number of hydrogen-bond donors (Lipinski definition) is 3. The largest absolute Gasteiger partial charge is 0.482 e. The lowest BCUT2D eigenvalue weighted by molar-refractivity contribution is -0.118. The molecule has 1 heterocycles. The van der Waals surface area contributed by atoms with Gasteiger partial charge in [-0.2, -0.15) is 0 Å². The van der Waals surface area contributed by atoms with Crippen LogP contribution in [0.25, 0.3) is 0 Å². The molecule has 0 bridgehead atoms. The molecule has 0 saturated carbocycles. The lowest BCUT2D eigenvalue weighted by Gasteiger charge is -2.22. The third-order valence-electron chi connectivity index (χ3n) is 3.98. The van der Waals surface area contributed by atoms with Gasteiger partial charge in [0, 0.05) is 12.1 Å². The van der Waals surface area contributed by atoms with Crippen molar-refractivity contribution in [3.63, 3.8) is 0 Å². The van der Waals surface area contributed by atoms with E-state index >= 15 is 0 Å². The summed E-state index contributed by atoms with van der Waals surface area (Å²) in [6, 6.07) is 2.78. The van der Waals surface area contributed by atoms with Gasteiger partial charge in [-0.05, 0) is 58.6 Å². The van der Waals surface area contributed by atoms with E-state index in [1.54, 1.807) is 33.8 Å². The summed E-state index contributed by atoms with van der Waals surface area (Å²) in [4.78, 5) is 11.5. The number of ether oxygens (including phenoxy) is 1. The number of sulfonamides is 1. The molecule has 1 amide bonds. The van der Waals surface area contributed by atoms with E-state index in [-0.39, 0.29) is 23.5 Å². The van der Waals surface area contributed by atoms with Crippen LogP contribution in [-0.4, -0.2) is 37.7 Å². The second kappa shape index (κ2) is 7.31. The second-order valence-electron chi connectivity index (χ2n) is 7.18. The van der Waals surface area contributed by atoms with Crippen LogP contribution in [0.2, 0.25) is 0 Å². The molecule has 140 valence electrons. The Labute approximate surface area is 148 Å². The van der Waals surface area contributed by atoms with Crippen LogP contribution in [0.15, 0.2) is 17.0 Å². The average molecular weight is 370 g/mol. The van der Waals surface area contributed by atoms with Gasteiger partial charge in [0.2, 0.25) is 10.0 Å². The summed E-state index contributed by atoms with van der Waals surface area (Å²) in [6.45, 7) is 6.81. The molecule has 1 aromatic rings. The van der Waals surface area contributed by atoms with Crippen LogP contribution < -0.4 is 14.8 Å². The molecule has 25 heavy (non-hydrogen) atoms. The zero-order valence-corrected chi connectivity index (χ0v) is 15.9. The Morgan fingerprint density at radius 1 is 1.40 bits per heavy atom. The molecule has 1 aromatic carbocycles. The number of benzene rings is 1. The molecule has 1 aliphatic heterocycles. The number of fused-ring (bicyclic) bond motifs is 1. The van der Waals surface area contributed by atoms with Crippen molar-refractivity contribution in [3.8, 4) is 5.75 Å². The Bertz CT molecular complexity index is 753. The standard InChI is InChI=1S/C17H26N2O5S/c1-11-8-13-14(24-10-16(20)18-13)9-15(11)25(22,23)19-12(2)6-5-7-17(3,4)21/h8-9,12,19,21H,5-7,10H2,1-4H3,(H,18,20)/t12-/m0/s1. The van der Waals surface area contributed by atoms with Crippen LogP contribution in [-0.2, 0) is 14.8 Å². The average Bonchev–Trinajstić information content (AvgIpc) is 2.44. The molecule has 0 saturated heterocycles. The third-order valence-corrected chi connectivity index (χ3v) is 5.71. The predicted octanol–water partition coefficient (Wildman–Crippen LogP) is 1.93. The highest BCUT2D eigenvalue weighted by Crippen LogP contribution is 2.33. The van der Waals surface area contributed by atoms with Crippen LogP contribution in [0.4, 0.5) is 5.69 Å². The van der Waals surface area contributed by atoms with E-state index in [1.165, 1.54) is 6.07 Å². The molecule has 8 heteroatoms. The van der Waals surface area contributed by atoms with Crippen LogP contribution in [0.3, 0.4) is 0 Å². The predicted molar refractivity (Wildman–Crippen MR) is 95.2 cm³/mol. The Kier molecular flexibility index (Phi) is 5.75. The molecule has 1 atom stereocenters. The van der Waals surface area contributed by atoms with Gasteiger partial charge in [-0.25, -0.2) is 13.1 Å². The smallest absolute Gasteiger partial charge is 0.262 e. The van der Waals surface area contributed by atoms with E-state index in [9.17, 15) is 18.3 Å². The first-order valence-corrected chi connectivity index (χ1v) is 9.78. The number of hydrogen-bond acceptors (Lipinski definition) is 5. The van der Waals surface area contributed by atoms with Crippen LogP contribution in [0.1, 0.15) is 45.6 Å². The van der Waals surface area contributed by atoms with Crippen molar-refractivity contribution in [1.82, 2.24) is 4.72 Å². The normalized spacial score (nSPS) is 16.0. The van der Waals surface area contributed by atoms with Gasteiger partial charge in [-0.1, -0.05) is 0 Å². The first-order valence-electron chi connectivity index (χ1n) is 8.30. The van der Waals surface area contributed by atoms with Crippen LogP contribution in [0, 0.1) is 6.92 Å². The summed E-state index contributed by atoms with van der Waals surface area (Å²) in [6.07, 6.45) is 1.94. The highest BCUT2D eigenvalue weighted by Gasteiger charge is 2.25. The molecular weight excluding hydrogens is 344 g/mol. The van der Waals surface area contributed by atoms with Gasteiger partial charge in [0.25, 0.3) is 5.91 Å². The van der Waals surface area contributed by atoms with E-state index in [1.807, 2.05) is 0 Å². The van der Waals surface area contributed by atoms with Gasteiger partial charge >= 0.3 is 0 Å². The first kappa shape index (κ1) is 19.7. The van der Waals surface area contributed by atoms with Gasteiger partial charge in [0.05, 0.1) is 16.2 Å². The highest BCUT2D eigenvalue weighted by atomic mass is 32.2. The lowest BCUT2D eigenvalue weighted by atomic mass is 10.00. The number of amides is 1. The molecule has 7 nitrogen and oxygen atoms in total. The zero-order valence-electron chi connectivity index (χ0n) is 15.0. The second-order valence-corrected chi connectivity index (χ2v) is 8.86. The minimum atomic E-state index is -3.71. The molecule has 0 fully saturated rings. The molecule has 1 aliphatic rings. The summed E-state index contributed by atoms with van der Waals surface area (Å²) in [5, 5.41) is 12.4. The van der Waals surface area contributed by atoms with Gasteiger partial charge in [0.1, 0.15) is 5.75 Å². The number of carbonyl (C=O) groups is 1. The number of rotatable bonds is 7. The van der Waals surface area contributed by atoms with Crippen molar-refractivity contribution >= 4 is 21.6 Å². The maximum absolute atomic E-state index is 12.7. The molecule has 0 unspecified atom stereocenters. The molecular formula is C17H26N2O5S. The minimum absolute atomic E-state index is 0.129. The van der Waals surface area contributed by atoms with Crippen molar-refractivity contribution in [1.29, 1.82) is 0 Å². The Morgan fingerprint density at radius 3 is 2.72 bits per heavy atom. The van der Waals surface area contributed by atoms with E-state index in [2.05, 4.69) is 10.0 Å². The van der Waals surface area contributed by atoms with Crippen molar-refractivity contribution in [3.05, 3.63) is 17.7 Å². The third kappa shape index (κ3) is 5.42. The number of aryl methyl sites for hydroxylation is 1. The topological polar surface area (TPSA) is 105 Å². The summed E-state index contributed by atoms with van der Waals surface area (Å²) >= 11 is 0. The van der Waals surface area contributed by atoms with E-state index in [0.717, 1.165) is 0 Å². The SMILES string of the molecule is Cc1cc2c(cc1S(=O)(=O)N[C@@H](C)CCCC(C)(C)O)OCC(=O)N2. The maximum atomic E-state index is 12.7. The molecule has 0 spiro atoms. The van der Waals surface area contributed by atoms with Crippen LogP contribution in [0.5, 0.6) is 5.75 Å². The summed E-state index contributed by atoms with van der Waals surface area (Å²) in [5.74, 6) is 0.0846. The monoisotopic (exact) mass is 370 g/mol.